The third-order valence-electron chi connectivity index (χ3n) is 5.96. The van der Waals surface area contributed by atoms with Crippen molar-refractivity contribution in [2.45, 2.75) is 26.7 Å². The maximum Gasteiger partial charge on any atom is 0.223 e. The van der Waals surface area contributed by atoms with Gasteiger partial charge in [-0.15, -0.1) is 0 Å². The van der Waals surface area contributed by atoms with E-state index < -0.39 is 0 Å². The van der Waals surface area contributed by atoms with E-state index in [2.05, 4.69) is 41.1 Å². The molecule has 0 unspecified atom stereocenters. The number of aryl methyl sites for hydroxylation is 2. The molecule has 2 aromatic rings. The van der Waals surface area contributed by atoms with Gasteiger partial charge in [-0.1, -0.05) is 12.1 Å². The standard InChI is InChI=1S/C22H27N5O/c1-15-3-4-18-13-19(14-23)21(25-20(18)16(15)2)27-11-9-26(10-12-27)8-7-24-22(28)17-5-6-17/h3-4,13,17H,5-12H2,1-2H3,(H,24,28). The Balaban J connectivity index is 1.42. The van der Waals surface area contributed by atoms with Crippen LogP contribution >= 0.6 is 0 Å². The predicted molar refractivity (Wildman–Crippen MR) is 110 cm³/mol. The number of carbonyl (C=O) groups is 1. The summed E-state index contributed by atoms with van der Waals surface area (Å²) < 4.78 is 0. The maximum atomic E-state index is 11.7. The number of carbonyl (C=O) groups excluding carboxylic acids is 1. The fraction of sp³-hybridized carbons (Fsp3) is 0.500. The normalized spacial score (nSPS) is 17.5. The van der Waals surface area contributed by atoms with E-state index in [1.807, 2.05) is 12.1 Å². The van der Waals surface area contributed by atoms with Gasteiger partial charge in [0.15, 0.2) is 0 Å². The number of nitrogens with zero attached hydrogens (tertiary/aromatic N) is 4. The molecule has 1 N–H and O–H groups in total. The highest BCUT2D eigenvalue weighted by Crippen LogP contribution is 2.29. The quantitative estimate of drug-likeness (QED) is 0.866. The molecule has 28 heavy (non-hydrogen) atoms. The number of benzene rings is 1. The minimum atomic E-state index is 0.211. The van der Waals surface area contributed by atoms with Crippen molar-refractivity contribution in [3.63, 3.8) is 0 Å². The van der Waals surface area contributed by atoms with Crippen molar-refractivity contribution in [1.29, 1.82) is 5.26 Å². The summed E-state index contributed by atoms with van der Waals surface area (Å²) in [6.07, 6.45) is 2.09. The second-order valence-corrected chi connectivity index (χ2v) is 7.94. The van der Waals surface area contributed by atoms with E-state index in [0.717, 1.165) is 62.3 Å². The van der Waals surface area contributed by atoms with Crippen LogP contribution in [-0.4, -0.2) is 55.1 Å². The number of hydrogen-bond acceptors (Lipinski definition) is 5. The molecule has 1 saturated heterocycles. The molecule has 1 aliphatic heterocycles. The topological polar surface area (TPSA) is 72.3 Å². The van der Waals surface area contributed by atoms with E-state index in [0.29, 0.717) is 12.1 Å². The monoisotopic (exact) mass is 377 g/mol. The highest BCUT2D eigenvalue weighted by atomic mass is 16.2. The summed E-state index contributed by atoms with van der Waals surface area (Å²) in [7, 11) is 0. The molecule has 1 amide bonds. The van der Waals surface area contributed by atoms with E-state index in [-0.39, 0.29) is 11.8 Å². The second-order valence-electron chi connectivity index (χ2n) is 7.94. The van der Waals surface area contributed by atoms with E-state index >= 15 is 0 Å². The average molecular weight is 377 g/mol. The molecule has 1 saturated carbocycles. The van der Waals surface area contributed by atoms with Crippen LogP contribution in [0.1, 0.15) is 29.5 Å². The van der Waals surface area contributed by atoms with Crippen LogP contribution in [0.4, 0.5) is 5.82 Å². The number of pyridine rings is 1. The molecular weight excluding hydrogens is 350 g/mol. The molecule has 1 aliphatic carbocycles. The van der Waals surface area contributed by atoms with Crippen molar-refractivity contribution in [3.05, 3.63) is 34.9 Å². The number of rotatable bonds is 5. The Morgan fingerprint density at radius 3 is 2.68 bits per heavy atom. The molecule has 4 rings (SSSR count). The fourth-order valence-corrected chi connectivity index (χ4v) is 3.81. The number of fused-ring (bicyclic) bond motifs is 1. The highest BCUT2D eigenvalue weighted by molar-refractivity contribution is 5.86. The Hall–Kier alpha value is -2.65. The van der Waals surface area contributed by atoms with Gasteiger partial charge in [0.2, 0.25) is 5.91 Å². The van der Waals surface area contributed by atoms with Crippen LogP contribution in [0.15, 0.2) is 18.2 Å². The van der Waals surface area contributed by atoms with Crippen molar-refractivity contribution in [1.82, 2.24) is 15.2 Å². The van der Waals surface area contributed by atoms with Crippen molar-refractivity contribution in [3.8, 4) is 6.07 Å². The Bertz CT molecular complexity index is 936. The highest BCUT2D eigenvalue weighted by Gasteiger charge is 2.29. The van der Waals surface area contributed by atoms with Crippen LogP contribution in [0.5, 0.6) is 0 Å². The van der Waals surface area contributed by atoms with Gasteiger partial charge in [0.1, 0.15) is 11.9 Å². The van der Waals surface area contributed by atoms with Crippen molar-refractivity contribution in [2.75, 3.05) is 44.2 Å². The van der Waals surface area contributed by atoms with E-state index in [4.69, 9.17) is 4.98 Å². The van der Waals surface area contributed by atoms with E-state index in [9.17, 15) is 10.1 Å². The van der Waals surface area contributed by atoms with Gasteiger partial charge in [-0.05, 0) is 43.9 Å². The van der Waals surface area contributed by atoms with E-state index in [1.54, 1.807) is 0 Å². The molecule has 6 nitrogen and oxygen atoms in total. The lowest BCUT2D eigenvalue weighted by Gasteiger charge is -2.35. The smallest absolute Gasteiger partial charge is 0.223 e. The van der Waals surface area contributed by atoms with Gasteiger partial charge in [0, 0.05) is 50.6 Å². The lowest BCUT2D eigenvalue weighted by molar-refractivity contribution is -0.122. The number of hydrogen-bond donors (Lipinski definition) is 1. The van der Waals surface area contributed by atoms with Gasteiger partial charge in [-0.2, -0.15) is 5.26 Å². The van der Waals surface area contributed by atoms with Crippen molar-refractivity contribution < 1.29 is 4.79 Å². The maximum absolute atomic E-state index is 11.7. The van der Waals surface area contributed by atoms with Crippen molar-refractivity contribution in [2.24, 2.45) is 5.92 Å². The van der Waals surface area contributed by atoms with Gasteiger partial charge in [0.05, 0.1) is 11.1 Å². The third-order valence-corrected chi connectivity index (χ3v) is 5.96. The summed E-state index contributed by atoms with van der Waals surface area (Å²) >= 11 is 0. The molecule has 1 aromatic carbocycles. The molecule has 0 atom stereocenters. The van der Waals surface area contributed by atoms with Crippen LogP contribution in [0.25, 0.3) is 10.9 Å². The summed E-state index contributed by atoms with van der Waals surface area (Å²) in [6.45, 7) is 9.28. The van der Waals surface area contributed by atoms with Crippen LogP contribution < -0.4 is 10.2 Å². The van der Waals surface area contributed by atoms with Crippen LogP contribution in [0.3, 0.4) is 0 Å². The zero-order valence-electron chi connectivity index (χ0n) is 16.7. The Morgan fingerprint density at radius 2 is 2.00 bits per heavy atom. The summed E-state index contributed by atoms with van der Waals surface area (Å²) in [5, 5.41) is 13.7. The third kappa shape index (κ3) is 3.81. The summed E-state index contributed by atoms with van der Waals surface area (Å²) in [5.74, 6) is 1.28. The summed E-state index contributed by atoms with van der Waals surface area (Å²) in [4.78, 5) is 21.2. The van der Waals surface area contributed by atoms with Crippen LogP contribution in [0, 0.1) is 31.1 Å². The molecule has 1 aromatic heterocycles. The Labute approximate surface area is 166 Å². The van der Waals surface area contributed by atoms with E-state index in [1.165, 1.54) is 11.1 Å². The Kier molecular flexibility index (Phi) is 5.19. The van der Waals surface area contributed by atoms with Gasteiger partial charge in [-0.3, -0.25) is 9.69 Å². The minimum absolute atomic E-state index is 0.211. The zero-order valence-corrected chi connectivity index (χ0v) is 16.7. The number of piperazine rings is 1. The Morgan fingerprint density at radius 1 is 1.25 bits per heavy atom. The lowest BCUT2D eigenvalue weighted by Crippen LogP contribution is -2.49. The average Bonchev–Trinajstić information content (AvgIpc) is 3.56. The first-order chi connectivity index (χ1) is 13.6. The van der Waals surface area contributed by atoms with Crippen LogP contribution in [-0.2, 0) is 4.79 Å². The number of nitriles is 1. The first-order valence-corrected chi connectivity index (χ1v) is 10.1. The lowest BCUT2D eigenvalue weighted by atomic mass is 10.0. The molecule has 2 aliphatic rings. The molecule has 0 radical (unpaired) electrons. The molecule has 6 heteroatoms. The SMILES string of the molecule is Cc1ccc2cc(C#N)c(N3CCN(CCNC(=O)C4CC4)CC3)nc2c1C. The summed E-state index contributed by atoms with van der Waals surface area (Å²) in [6, 6.07) is 8.42. The van der Waals surface area contributed by atoms with Gasteiger partial charge < -0.3 is 10.2 Å². The van der Waals surface area contributed by atoms with Gasteiger partial charge in [-0.25, -0.2) is 4.98 Å². The molecule has 2 heterocycles. The molecule has 0 spiro atoms. The van der Waals surface area contributed by atoms with Crippen LogP contribution in [0.2, 0.25) is 0 Å². The minimum Gasteiger partial charge on any atom is -0.355 e. The number of aromatic nitrogens is 1. The first kappa shape index (κ1) is 18.7. The first-order valence-electron chi connectivity index (χ1n) is 10.1. The zero-order chi connectivity index (χ0) is 19.7. The largest absolute Gasteiger partial charge is 0.355 e. The van der Waals surface area contributed by atoms with Gasteiger partial charge >= 0.3 is 0 Å². The number of nitrogens with one attached hydrogen (secondary N) is 1. The van der Waals surface area contributed by atoms with Crippen molar-refractivity contribution >= 4 is 22.6 Å². The molecular formula is C22H27N5O. The predicted octanol–water partition coefficient (Wildman–Crippen LogP) is 2.37. The number of amides is 1. The molecule has 2 fully saturated rings. The molecule has 0 bridgehead atoms. The molecule has 146 valence electrons. The second kappa shape index (κ2) is 7.76. The summed E-state index contributed by atoms with van der Waals surface area (Å²) in [5.41, 5.74) is 4.02. The number of anilines is 1. The fourth-order valence-electron chi connectivity index (χ4n) is 3.81. The van der Waals surface area contributed by atoms with Gasteiger partial charge in [0.25, 0.3) is 0 Å².